The summed E-state index contributed by atoms with van der Waals surface area (Å²) in [7, 11) is 0. The average Bonchev–Trinajstić information content (AvgIpc) is 2.97. The van der Waals surface area contributed by atoms with Gasteiger partial charge in [-0.25, -0.2) is 0 Å². The molecule has 3 aliphatic carbocycles. The first kappa shape index (κ1) is 34.3. The molecule has 12 N–H and O–H groups in total. The van der Waals surface area contributed by atoms with Crippen LogP contribution in [0, 0.1) is 17.8 Å². The SMILES string of the molecule is O=C(OC1C(OC2CC3C(O)CC(O)CC3[OH+]C2C2CC(O)C(O)C(O)C2)OC(CO)C(O)C1O)C1CC(O)C(O)C(O)C1. The Balaban J connectivity index is 1.39. The fraction of sp³-hybridized carbons (Fsp3) is 0.964. The van der Waals surface area contributed by atoms with Crippen molar-refractivity contribution >= 4 is 5.97 Å². The lowest BCUT2D eigenvalue weighted by atomic mass is 9.72. The summed E-state index contributed by atoms with van der Waals surface area (Å²) in [5.74, 6) is -2.99. The molecule has 0 amide bonds. The minimum Gasteiger partial charge on any atom is -0.454 e. The van der Waals surface area contributed by atoms with E-state index < -0.39 is 128 Å². The Morgan fingerprint density at radius 1 is 0.705 bits per heavy atom. The van der Waals surface area contributed by atoms with E-state index in [0.717, 1.165) is 0 Å². The van der Waals surface area contributed by atoms with E-state index in [2.05, 4.69) is 0 Å². The van der Waals surface area contributed by atoms with Crippen LogP contribution in [0.5, 0.6) is 0 Å². The molecule has 2 heterocycles. The molecule has 3 saturated carbocycles. The molecule has 16 nitrogen and oxygen atoms in total. The van der Waals surface area contributed by atoms with Gasteiger partial charge in [0, 0.05) is 18.8 Å². The third-order valence-corrected chi connectivity index (χ3v) is 10.2. The number of carbonyl (C=O) groups is 1. The molecule has 44 heavy (non-hydrogen) atoms. The Morgan fingerprint density at radius 2 is 1.30 bits per heavy atom. The van der Waals surface area contributed by atoms with Gasteiger partial charge in [0.05, 0.1) is 55.1 Å². The normalized spacial score (nSPS) is 53.5. The zero-order valence-electron chi connectivity index (χ0n) is 24.1. The van der Waals surface area contributed by atoms with Gasteiger partial charge in [0.15, 0.2) is 24.6 Å². The highest BCUT2D eigenvalue weighted by molar-refractivity contribution is 5.73. The molecule has 0 aromatic rings. The summed E-state index contributed by atoms with van der Waals surface area (Å²) < 4.78 is 22.5. The minimum absolute atomic E-state index is 0.0530. The molecular weight excluding hydrogens is 592 g/mol. The predicted molar refractivity (Wildman–Crippen MR) is 143 cm³/mol. The van der Waals surface area contributed by atoms with Crippen molar-refractivity contribution in [1.82, 2.24) is 0 Å². The lowest BCUT2D eigenvalue weighted by molar-refractivity contribution is -0.358. The maximum absolute atomic E-state index is 13.1. The summed E-state index contributed by atoms with van der Waals surface area (Å²) in [6.45, 7) is -0.726. The fourth-order valence-electron chi connectivity index (χ4n) is 7.66. The first-order valence-electron chi connectivity index (χ1n) is 15.4. The Hall–Kier alpha value is -1.09. The quantitative estimate of drug-likeness (QED) is 0.0955. The van der Waals surface area contributed by atoms with E-state index in [4.69, 9.17) is 18.9 Å². The van der Waals surface area contributed by atoms with E-state index in [9.17, 15) is 61.0 Å². The number of rotatable bonds is 6. The largest absolute Gasteiger partial charge is 0.454 e. The maximum Gasteiger partial charge on any atom is 0.309 e. The van der Waals surface area contributed by atoms with E-state index in [1.54, 1.807) is 0 Å². The number of hydrogen-bond donors (Lipinski definition) is 11. The maximum atomic E-state index is 13.1. The zero-order valence-corrected chi connectivity index (χ0v) is 24.1. The molecule has 0 bridgehead atoms. The van der Waals surface area contributed by atoms with Gasteiger partial charge in [-0.15, -0.1) is 0 Å². The molecule has 2 saturated heterocycles. The summed E-state index contributed by atoms with van der Waals surface area (Å²) in [6.07, 6.45) is -19.8. The van der Waals surface area contributed by atoms with Gasteiger partial charge in [0.1, 0.15) is 36.6 Å². The molecule has 5 rings (SSSR count). The van der Waals surface area contributed by atoms with Gasteiger partial charge < -0.3 is 75.1 Å². The van der Waals surface area contributed by atoms with Crippen LogP contribution in [0.3, 0.4) is 0 Å². The average molecular weight is 640 g/mol. The van der Waals surface area contributed by atoms with E-state index in [0.29, 0.717) is 0 Å². The molecule has 0 radical (unpaired) electrons. The Bertz CT molecular complexity index is 948. The number of hydrogen-bond acceptors (Lipinski definition) is 15. The van der Waals surface area contributed by atoms with E-state index in [1.165, 1.54) is 0 Å². The Kier molecular flexibility index (Phi) is 10.9. The highest BCUT2D eigenvalue weighted by atomic mass is 16.7. The van der Waals surface area contributed by atoms with Gasteiger partial charge in [0.2, 0.25) is 0 Å². The standard InChI is InChI=1S/C28H46O16/c29-8-20-23(38)24(39)26(44-27(40)10-3-16(34)22(37)17(35)4-10)28(43-20)42-19-7-12-13(31)5-11(30)6-18(12)41-25(19)9-1-14(32)21(36)15(33)2-9/h9-26,28-39H,1-8H2/p+1. The number of aliphatic hydroxyl groups is 13. The molecule has 16 heteroatoms. The van der Waals surface area contributed by atoms with Crippen LogP contribution in [0.15, 0.2) is 0 Å². The molecule has 254 valence electrons. The third-order valence-electron chi connectivity index (χ3n) is 10.2. The number of carbonyl (C=O) groups excluding carboxylic acids is 1. The summed E-state index contributed by atoms with van der Waals surface area (Å²) >= 11 is 0. The smallest absolute Gasteiger partial charge is 0.309 e. The highest BCUT2D eigenvalue weighted by Crippen LogP contribution is 2.42. The van der Waals surface area contributed by atoms with Crippen LogP contribution < -0.4 is 0 Å². The topological polar surface area (TPSA) is 280 Å². The van der Waals surface area contributed by atoms with Crippen molar-refractivity contribution in [1.29, 1.82) is 0 Å². The second kappa shape index (κ2) is 13.9. The molecule has 5 fully saturated rings. The number of aliphatic hydroxyl groups excluding tert-OH is 11. The van der Waals surface area contributed by atoms with E-state index >= 15 is 0 Å². The molecule has 15 unspecified atom stereocenters. The molecular formula is C28H47O16+. The van der Waals surface area contributed by atoms with Crippen molar-refractivity contribution in [2.45, 2.75) is 143 Å². The van der Waals surface area contributed by atoms with Crippen LogP contribution in [0.25, 0.3) is 0 Å². The first-order chi connectivity index (χ1) is 20.8. The van der Waals surface area contributed by atoms with E-state index in [-0.39, 0.29) is 44.9 Å². The first-order valence-corrected chi connectivity index (χ1v) is 15.4. The highest BCUT2D eigenvalue weighted by Gasteiger charge is 2.56. The van der Waals surface area contributed by atoms with Crippen LogP contribution in [-0.2, 0) is 19.0 Å². The van der Waals surface area contributed by atoms with Crippen molar-refractivity contribution < 1.29 is 79.9 Å². The Morgan fingerprint density at radius 3 is 1.89 bits per heavy atom. The van der Waals surface area contributed by atoms with Gasteiger partial charge in [-0.1, -0.05) is 0 Å². The molecule has 15 atom stereocenters. The number of esters is 1. The second-order valence-corrected chi connectivity index (χ2v) is 13.2. The monoisotopic (exact) mass is 639 g/mol. The second-order valence-electron chi connectivity index (χ2n) is 13.2. The predicted octanol–water partition coefficient (Wildman–Crippen LogP) is -5.49. The van der Waals surface area contributed by atoms with Gasteiger partial charge in [-0.3, -0.25) is 4.79 Å². The summed E-state index contributed by atoms with van der Waals surface area (Å²) in [4.78, 5) is 13.1. The van der Waals surface area contributed by atoms with Gasteiger partial charge in [-0.05, 0) is 32.1 Å². The van der Waals surface area contributed by atoms with Crippen molar-refractivity contribution in [3.8, 4) is 0 Å². The van der Waals surface area contributed by atoms with Crippen LogP contribution in [-0.4, -0.2) is 171 Å². The zero-order chi connectivity index (χ0) is 32.0. The van der Waals surface area contributed by atoms with E-state index in [1.807, 2.05) is 0 Å². The van der Waals surface area contributed by atoms with Gasteiger partial charge >= 0.3 is 5.97 Å². The molecule has 0 aromatic heterocycles. The summed E-state index contributed by atoms with van der Waals surface area (Å²) in [6, 6.07) is 0. The number of fused-ring (bicyclic) bond motifs is 1. The molecule has 5 aliphatic rings. The Labute approximate surface area is 253 Å². The summed E-state index contributed by atoms with van der Waals surface area (Å²) in [5.41, 5.74) is 0. The molecule has 0 aromatic carbocycles. The number of ether oxygens (including phenoxy) is 4. The van der Waals surface area contributed by atoms with Crippen molar-refractivity contribution in [3.63, 3.8) is 0 Å². The minimum atomic E-state index is -1.80. The van der Waals surface area contributed by atoms with Crippen LogP contribution in [0.4, 0.5) is 0 Å². The van der Waals surface area contributed by atoms with Crippen LogP contribution in [0.1, 0.15) is 44.9 Å². The van der Waals surface area contributed by atoms with Gasteiger partial charge in [-0.2, -0.15) is 0 Å². The lowest BCUT2D eigenvalue weighted by Gasteiger charge is -2.49. The van der Waals surface area contributed by atoms with Crippen LogP contribution >= 0.6 is 0 Å². The lowest BCUT2D eigenvalue weighted by Crippen LogP contribution is -2.64. The fourth-order valence-corrected chi connectivity index (χ4v) is 7.66. The van der Waals surface area contributed by atoms with Crippen molar-refractivity contribution in [2.24, 2.45) is 17.8 Å². The van der Waals surface area contributed by atoms with Crippen molar-refractivity contribution in [3.05, 3.63) is 0 Å². The molecule has 2 aliphatic heterocycles. The van der Waals surface area contributed by atoms with Gasteiger partial charge in [0.25, 0.3) is 0 Å². The summed E-state index contributed by atoms with van der Waals surface area (Å²) in [5, 5.41) is 113. The van der Waals surface area contributed by atoms with Crippen LogP contribution in [0.2, 0.25) is 0 Å². The third kappa shape index (κ3) is 6.94. The molecule has 0 spiro atoms. The van der Waals surface area contributed by atoms with Crippen molar-refractivity contribution in [2.75, 3.05) is 6.61 Å².